The van der Waals surface area contributed by atoms with Crippen LogP contribution in [0.4, 0.5) is 0 Å². The number of primary amides is 1. The van der Waals surface area contributed by atoms with E-state index in [0.29, 0.717) is 6.42 Å². The molecule has 0 saturated carbocycles. The van der Waals surface area contributed by atoms with Gasteiger partial charge in [-0.2, -0.15) is 0 Å². The molecule has 0 aliphatic carbocycles. The van der Waals surface area contributed by atoms with Crippen molar-refractivity contribution >= 4 is 17.7 Å². The molecule has 4 N–H and O–H groups in total. The van der Waals surface area contributed by atoms with Gasteiger partial charge >= 0.3 is 0 Å². The first-order valence-corrected chi connectivity index (χ1v) is 6.62. The quantitative estimate of drug-likeness (QED) is 0.639. The van der Waals surface area contributed by atoms with E-state index in [1.165, 1.54) is 0 Å². The molecule has 0 spiro atoms. The summed E-state index contributed by atoms with van der Waals surface area (Å²) in [6, 6.07) is 0.223. The Morgan fingerprint density at radius 3 is 2.88 bits per heavy atom. The van der Waals surface area contributed by atoms with Crippen molar-refractivity contribution < 1.29 is 4.79 Å². The van der Waals surface area contributed by atoms with Gasteiger partial charge in [-0.25, -0.2) is 4.98 Å². The Kier molecular flexibility index (Phi) is 5.02. The minimum Gasteiger partial charge on any atom is -0.368 e. The van der Waals surface area contributed by atoms with Crippen molar-refractivity contribution in [2.24, 2.45) is 5.73 Å². The summed E-state index contributed by atoms with van der Waals surface area (Å²) in [5.74, 6) is 0.471. The van der Waals surface area contributed by atoms with Gasteiger partial charge in [0, 0.05) is 24.2 Å². The van der Waals surface area contributed by atoms with Crippen LogP contribution in [0.15, 0.2) is 17.6 Å². The molecular weight excluding hydrogens is 236 g/mol. The lowest BCUT2D eigenvalue weighted by Crippen LogP contribution is -2.55. The highest BCUT2D eigenvalue weighted by atomic mass is 32.2. The number of imidazole rings is 1. The lowest BCUT2D eigenvalue weighted by molar-refractivity contribution is -0.124. The number of nitrogens with one attached hydrogen (secondary N) is 2. The number of hydrogen-bond acceptors (Lipinski definition) is 4. The molecule has 6 heteroatoms. The van der Waals surface area contributed by atoms with E-state index < -0.39 is 5.54 Å². The zero-order chi connectivity index (χ0) is 12.9. The van der Waals surface area contributed by atoms with Gasteiger partial charge in [0.1, 0.15) is 0 Å². The Morgan fingerprint density at radius 2 is 2.41 bits per heavy atom. The zero-order valence-corrected chi connectivity index (χ0v) is 11.3. The van der Waals surface area contributed by atoms with Gasteiger partial charge in [0.15, 0.2) is 5.16 Å². The van der Waals surface area contributed by atoms with E-state index in [0.717, 1.165) is 10.9 Å². The first kappa shape index (κ1) is 14.1. The monoisotopic (exact) mass is 256 g/mol. The number of H-pyrrole nitrogens is 1. The number of carbonyl (C=O) groups excluding carboxylic acids is 1. The van der Waals surface area contributed by atoms with E-state index in [-0.39, 0.29) is 11.9 Å². The maximum atomic E-state index is 11.5. The third-order valence-corrected chi connectivity index (χ3v) is 3.37. The van der Waals surface area contributed by atoms with E-state index in [2.05, 4.69) is 15.3 Å². The van der Waals surface area contributed by atoms with Crippen LogP contribution in [0.25, 0.3) is 0 Å². The molecule has 17 heavy (non-hydrogen) atoms. The molecule has 1 heterocycles. The van der Waals surface area contributed by atoms with Crippen LogP contribution in [0, 0.1) is 0 Å². The highest BCUT2D eigenvalue weighted by Gasteiger charge is 2.30. The maximum absolute atomic E-state index is 11.5. The summed E-state index contributed by atoms with van der Waals surface area (Å²) in [6.45, 7) is 5.85. The molecule has 1 atom stereocenters. The zero-order valence-electron chi connectivity index (χ0n) is 10.5. The van der Waals surface area contributed by atoms with Crippen molar-refractivity contribution in [1.29, 1.82) is 0 Å². The molecule has 0 aliphatic rings. The van der Waals surface area contributed by atoms with Crippen molar-refractivity contribution in [2.75, 3.05) is 5.75 Å². The lowest BCUT2D eigenvalue weighted by Gasteiger charge is -2.29. The first-order valence-electron chi connectivity index (χ1n) is 5.64. The fourth-order valence-electron chi connectivity index (χ4n) is 1.59. The van der Waals surface area contributed by atoms with Crippen LogP contribution in [0.3, 0.4) is 0 Å². The highest BCUT2D eigenvalue weighted by molar-refractivity contribution is 7.99. The van der Waals surface area contributed by atoms with Gasteiger partial charge in [-0.3, -0.25) is 4.79 Å². The summed E-state index contributed by atoms with van der Waals surface area (Å²) in [4.78, 5) is 18.6. The summed E-state index contributed by atoms with van der Waals surface area (Å²) < 4.78 is 0. The molecule has 0 radical (unpaired) electrons. The Labute approximate surface area is 106 Å². The molecule has 0 fully saturated rings. The van der Waals surface area contributed by atoms with Crippen molar-refractivity contribution in [1.82, 2.24) is 15.3 Å². The van der Waals surface area contributed by atoms with E-state index in [1.54, 1.807) is 24.2 Å². The fourth-order valence-corrected chi connectivity index (χ4v) is 2.58. The predicted molar refractivity (Wildman–Crippen MR) is 69.8 cm³/mol. The Morgan fingerprint density at radius 1 is 1.71 bits per heavy atom. The molecule has 1 aromatic heterocycles. The average Bonchev–Trinajstić information content (AvgIpc) is 2.69. The van der Waals surface area contributed by atoms with Crippen LogP contribution in [0.1, 0.15) is 27.2 Å². The van der Waals surface area contributed by atoms with Gasteiger partial charge in [0.05, 0.1) is 5.54 Å². The summed E-state index contributed by atoms with van der Waals surface area (Å²) in [5.41, 5.74) is 4.79. The second kappa shape index (κ2) is 6.07. The molecule has 1 unspecified atom stereocenters. The fraction of sp³-hybridized carbons (Fsp3) is 0.636. The molecule has 0 aromatic carbocycles. The highest BCUT2D eigenvalue weighted by Crippen LogP contribution is 2.19. The van der Waals surface area contributed by atoms with Crippen LogP contribution in [-0.4, -0.2) is 33.2 Å². The molecule has 1 amide bonds. The van der Waals surface area contributed by atoms with Crippen molar-refractivity contribution in [3.8, 4) is 0 Å². The average molecular weight is 256 g/mol. The number of carbonyl (C=O) groups is 1. The van der Waals surface area contributed by atoms with Crippen LogP contribution in [0.2, 0.25) is 0 Å². The standard InChI is InChI=1S/C11H20N4OS/c1-8(2)15-11(3,9(12)16)4-7-17-10-13-5-6-14-10/h5-6,8,15H,4,7H2,1-3H3,(H2,12,16)(H,13,14). The number of amides is 1. The second-order valence-corrected chi connectivity index (χ2v) is 5.57. The van der Waals surface area contributed by atoms with E-state index in [9.17, 15) is 4.79 Å². The first-order chi connectivity index (χ1) is 7.94. The molecule has 5 nitrogen and oxygen atoms in total. The normalized spacial score (nSPS) is 14.8. The van der Waals surface area contributed by atoms with E-state index in [4.69, 9.17) is 5.73 Å². The Balaban J connectivity index is 2.47. The number of aromatic amines is 1. The van der Waals surface area contributed by atoms with E-state index >= 15 is 0 Å². The van der Waals surface area contributed by atoms with Crippen LogP contribution in [-0.2, 0) is 4.79 Å². The van der Waals surface area contributed by atoms with E-state index in [1.807, 2.05) is 20.8 Å². The summed E-state index contributed by atoms with van der Waals surface area (Å²) in [5, 5.41) is 4.08. The number of thioether (sulfide) groups is 1. The lowest BCUT2D eigenvalue weighted by atomic mass is 9.97. The topological polar surface area (TPSA) is 83.8 Å². The number of rotatable bonds is 7. The van der Waals surface area contributed by atoms with Gasteiger partial charge < -0.3 is 16.0 Å². The number of nitrogens with zero attached hydrogens (tertiary/aromatic N) is 1. The van der Waals surface area contributed by atoms with Crippen molar-refractivity contribution in [2.45, 2.75) is 43.9 Å². The summed E-state index contributed by atoms with van der Waals surface area (Å²) in [6.07, 6.45) is 4.16. The molecule has 96 valence electrons. The molecule has 0 saturated heterocycles. The predicted octanol–water partition coefficient (Wildman–Crippen LogP) is 1.13. The van der Waals surface area contributed by atoms with Crippen LogP contribution in [0.5, 0.6) is 0 Å². The molecule has 1 rings (SSSR count). The van der Waals surface area contributed by atoms with Crippen molar-refractivity contribution in [3.63, 3.8) is 0 Å². The SMILES string of the molecule is CC(C)NC(C)(CCSc1ncc[nH]1)C(N)=O. The maximum Gasteiger partial charge on any atom is 0.237 e. The summed E-state index contributed by atoms with van der Waals surface area (Å²) >= 11 is 1.58. The number of hydrogen-bond donors (Lipinski definition) is 3. The molecule has 1 aromatic rings. The van der Waals surface area contributed by atoms with Crippen LogP contribution >= 0.6 is 11.8 Å². The minimum atomic E-state index is -0.659. The minimum absolute atomic E-state index is 0.223. The van der Waals surface area contributed by atoms with Crippen LogP contribution < -0.4 is 11.1 Å². The van der Waals surface area contributed by atoms with Crippen molar-refractivity contribution in [3.05, 3.63) is 12.4 Å². The number of nitrogens with two attached hydrogens (primary N) is 1. The molecule has 0 bridgehead atoms. The largest absolute Gasteiger partial charge is 0.368 e. The molecule has 0 aliphatic heterocycles. The second-order valence-electron chi connectivity index (χ2n) is 4.49. The third kappa shape index (κ3) is 4.40. The van der Waals surface area contributed by atoms with Gasteiger partial charge in [0.2, 0.25) is 5.91 Å². The summed E-state index contributed by atoms with van der Waals surface area (Å²) in [7, 11) is 0. The number of aromatic nitrogens is 2. The van der Waals surface area contributed by atoms with Gasteiger partial charge in [-0.15, -0.1) is 0 Å². The van der Waals surface area contributed by atoms with Gasteiger partial charge in [-0.1, -0.05) is 11.8 Å². The third-order valence-electron chi connectivity index (χ3n) is 2.47. The Hall–Kier alpha value is -1.01. The molecular formula is C11H20N4OS. The van der Waals surface area contributed by atoms with Gasteiger partial charge in [0.25, 0.3) is 0 Å². The van der Waals surface area contributed by atoms with Gasteiger partial charge in [-0.05, 0) is 27.2 Å². The smallest absolute Gasteiger partial charge is 0.237 e. The Bertz CT molecular complexity index is 352.